The summed E-state index contributed by atoms with van der Waals surface area (Å²) in [5.74, 6) is 0.882. The Morgan fingerprint density at radius 3 is 1.70 bits per heavy atom. The summed E-state index contributed by atoms with van der Waals surface area (Å²) in [4.78, 5) is 0. The minimum absolute atomic E-state index is 0.882. The maximum absolute atomic E-state index is 5.20. The smallest absolute Gasteiger partial charge is 0.118 e. The predicted molar refractivity (Wildman–Crippen MR) is 83.9 cm³/mol. The maximum atomic E-state index is 5.20. The van der Waals surface area contributed by atoms with Crippen LogP contribution in [0.3, 0.4) is 0 Å². The Morgan fingerprint density at radius 2 is 1.10 bits per heavy atom. The van der Waals surface area contributed by atoms with Crippen LogP contribution in [-0.2, 0) is 0 Å². The van der Waals surface area contributed by atoms with Crippen molar-refractivity contribution in [2.24, 2.45) is 0 Å². The van der Waals surface area contributed by atoms with Crippen molar-refractivity contribution in [2.75, 3.05) is 7.11 Å². The molecule has 0 aliphatic heterocycles. The van der Waals surface area contributed by atoms with Gasteiger partial charge in [0, 0.05) is 0 Å². The fraction of sp³-hybridized carbons (Fsp3) is 0.0526. The molecule has 0 bridgehead atoms. The summed E-state index contributed by atoms with van der Waals surface area (Å²) in [6, 6.07) is 27.2. The minimum atomic E-state index is 0.882. The van der Waals surface area contributed by atoms with Crippen LogP contribution in [0.1, 0.15) is 0 Å². The molecule has 0 atom stereocenters. The van der Waals surface area contributed by atoms with Crippen LogP contribution >= 0.6 is 0 Å². The van der Waals surface area contributed by atoms with Crippen LogP contribution in [-0.4, -0.2) is 7.11 Å². The van der Waals surface area contributed by atoms with Crippen molar-refractivity contribution >= 4 is 0 Å². The predicted octanol–water partition coefficient (Wildman–Crippen LogP) is 5.03. The Hall–Kier alpha value is -2.54. The molecule has 98 valence electrons. The summed E-state index contributed by atoms with van der Waals surface area (Å²) in [6.45, 7) is 0. The molecule has 0 aromatic heterocycles. The highest BCUT2D eigenvalue weighted by Crippen LogP contribution is 2.27. The average molecular weight is 260 g/mol. The molecule has 0 spiro atoms. The van der Waals surface area contributed by atoms with Gasteiger partial charge in [-0.2, -0.15) is 0 Å². The molecule has 0 amide bonds. The van der Waals surface area contributed by atoms with Crippen molar-refractivity contribution in [3.05, 3.63) is 78.9 Å². The number of rotatable bonds is 3. The molecule has 3 aromatic carbocycles. The molecule has 0 heterocycles. The number of benzene rings is 3. The van der Waals surface area contributed by atoms with Crippen molar-refractivity contribution in [3.63, 3.8) is 0 Å². The zero-order valence-corrected chi connectivity index (χ0v) is 11.4. The standard InChI is InChI=1S/C19H16O/c1-20-19-12-10-16(11-13-19)18-9-5-8-17(14-18)15-6-3-2-4-7-15/h2-14H,1H3. The van der Waals surface area contributed by atoms with Gasteiger partial charge < -0.3 is 4.74 Å². The lowest BCUT2D eigenvalue weighted by molar-refractivity contribution is 0.415. The van der Waals surface area contributed by atoms with Gasteiger partial charge in [-0.15, -0.1) is 0 Å². The van der Waals surface area contributed by atoms with Gasteiger partial charge in [-0.05, 0) is 40.5 Å². The third-order valence-electron chi connectivity index (χ3n) is 3.39. The number of ether oxygens (including phenoxy) is 1. The van der Waals surface area contributed by atoms with E-state index in [4.69, 9.17) is 4.74 Å². The normalized spacial score (nSPS) is 10.2. The SMILES string of the molecule is COc1ccc(-c2cccc(-c3ccccc3)c2)cc1. The summed E-state index contributed by atoms with van der Waals surface area (Å²) in [6.07, 6.45) is 0. The van der Waals surface area contributed by atoms with Crippen LogP contribution in [0.4, 0.5) is 0 Å². The topological polar surface area (TPSA) is 9.23 Å². The van der Waals surface area contributed by atoms with Crippen LogP contribution in [0.15, 0.2) is 78.9 Å². The van der Waals surface area contributed by atoms with Crippen molar-refractivity contribution in [2.45, 2.75) is 0 Å². The quantitative estimate of drug-likeness (QED) is 0.641. The highest BCUT2D eigenvalue weighted by molar-refractivity contribution is 5.73. The van der Waals surface area contributed by atoms with Gasteiger partial charge in [-0.3, -0.25) is 0 Å². The zero-order chi connectivity index (χ0) is 13.8. The van der Waals surface area contributed by atoms with Gasteiger partial charge in [0.1, 0.15) is 5.75 Å². The molecular formula is C19H16O. The van der Waals surface area contributed by atoms with Crippen molar-refractivity contribution in [1.82, 2.24) is 0 Å². The molecule has 0 saturated carbocycles. The largest absolute Gasteiger partial charge is 0.497 e. The molecule has 1 nitrogen and oxygen atoms in total. The molecule has 0 radical (unpaired) electrons. The van der Waals surface area contributed by atoms with E-state index in [1.807, 2.05) is 18.2 Å². The maximum Gasteiger partial charge on any atom is 0.118 e. The van der Waals surface area contributed by atoms with Crippen LogP contribution in [0.2, 0.25) is 0 Å². The summed E-state index contributed by atoms with van der Waals surface area (Å²) in [5.41, 5.74) is 4.89. The number of methoxy groups -OCH3 is 1. The molecule has 3 rings (SSSR count). The lowest BCUT2D eigenvalue weighted by Crippen LogP contribution is -1.83. The summed E-state index contributed by atoms with van der Waals surface area (Å²) >= 11 is 0. The van der Waals surface area contributed by atoms with E-state index < -0.39 is 0 Å². The highest BCUT2D eigenvalue weighted by atomic mass is 16.5. The Morgan fingerprint density at radius 1 is 0.550 bits per heavy atom. The first kappa shape index (κ1) is 12.5. The lowest BCUT2D eigenvalue weighted by Gasteiger charge is -2.07. The van der Waals surface area contributed by atoms with E-state index in [-0.39, 0.29) is 0 Å². The molecule has 0 unspecified atom stereocenters. The number of hydrogen-bond donors (Lipinski definition) is 0. The van der Waals surface area contributed by atoms with E-state index in [9.17, 15) is 0 Å². The molecule has 0 N–H and O–H groups in total. The molecule has 0 fully saturated rings. The van der Waals surface area contributed by atoms with E-state index in [2.05, 4.69) is 60.7 Å². The molecule has 1 heteroatoms. The van der Waals surface area contributed by atoms with E-state index in [0.717, 1.165) is 5.75 Å². The van der Waals surface area contributed by atoms with Crippen molar-refractivity contribution < 1.29 is 4.74 Å². The third kappa shape index (κ3) is 2.57. The second kappa shape index (κ2) is 5.62. The fourth-order valence-corrected chi connectivity index (χ4v) is 2.29. The minimum Gasteiger partial charge on any atom is -0.497 e. The molecule has 0 saturated heterocycles. The second-order valence-corrected chi connectivity index (χ2v) is 4.68. The van der Waals surface area contributed by atoms with E-state index in [1.165, 1.54) is 22.3 Å². The van der Waals surface area contributed by atoms with Crippen LogP contribution in [0.25, 0.3) is 22.3 Å². The Kier molecular flexibility index (Phi) is 3.51. The van der Waals surface area contributed by atoms with Gasteiger partial charge in [0.05, 0.1) is 7.11 Å². The van der Waals surface area contributed by atoms with E-state index in [0.29, 0.717) is 0 Å². The summed E-state index contributed by atoms with van der Waals surface area (Å²) in [7, 11) is 1.69. The van der Waals surface area contributed by atoms with Crippen LogP contribution in [0, 0.1) is 0 Å². The molecule has 0 aliphatic carbocycles. The third-order valence-corrected chi connectivity index (χ3v) is 3.39. The van der Waals surface area contributed by atoms with E-state index >= 15 is 0 Å². The first-order valence-corrected chi connectivity index (χ1v) is 6.67. The first-order valence-electron chi connectivity index (χ1n) is 6.67. The summed E-state index contributed by atoms with van der Waals surface area (Å²) < 4.78 is 5.20. The average Bonchev–Trinajstić information content (AvgIpc) is 2.56. The van der Waals surface area contributed by atoms with Gasteiger partial charge in [-0.25, -0.2) is 0 Å². The number of hydrogen-bond acceptors (Lipinski definition) is 1. The van der Waals surface area contributed by atoms with Crippen LogP contribution in [0.5, 0.6) is 5.75 Å². The van der Waals surface area contributed by atoms with Crippen LogP contribution < -0.4 is 4.74 Å². The molecular weight excluding hydrogens is 244 g/mol. The first-order chi connectivity index (χ1) is 9.86. The molecule has 20 heavy (non-hydrogen) atoms. The van der Waals surface area contributed by atoms with Gasteiger partial charge in [0.15, 0.2) is 0 Å². The fourth-order valence-electron chi connectivity index (χ4n) is 2.29. The second-order valence-electron chi connectivity index (χ2n) is 4.68. The van der Waals surface area contributed by atoms with Gasteiger partial charge in [0.25, 0.3) is 0 Å². The zero-order valence-electron chi connectivity index (χ0n) is 11.4. The van der Waals surface area contributed by atoms with Gasteiger partial charge in [-0.1, -0.05) is 60.7 Å². The molecule has 0 aliphatic rings. The summed E-state index contributed by atoms with van der Waals surface area (Å²) in [5, 5.41) is 0. The van der Waals surface area contributed by atoms with Crippen molar-refractivity contribution in [3.8, 4) is 28.0 Å². The van der Waals surface area contributed by atoms with Gasteiger partial charge >= 0.3 is 0 Å². The Balaban J connectivity index is 1.98. The monoisotopic (exact) mass is 260 g/mol. The van der Waals surface area contributed by atoms with Crippen molar-refractivity contribution in [1.29, 1.82) is 0 Å². The van der Waals surface area contributed by atoms with E-state index in [1.54, 1.807) is 7.11 Å². The Bertz CT molecular complexity index is 684. The highest BCUT2D eigenvalue weighted by Gasteiger charge is 2.01. The van der Waals surface area contributed by atoms with Gasteiger partial charge in [0.2, 0.25) is 0 Å². The Labute approximate surface area is 119 Å². The lowest BCUT2D eigenvalue weighted by atomic mass is 9.99. The molecule has 3 aromatic rings.